The molecule has 1 aromatic carbocycles. The Kier molecular flexibility index (Phi) is 3.97. The first kappa shape index (κ1) is 13.3. The second-order valence-corrected chi connectivity index (χ2v) is 4.24. The molecular formula is C14H12FNO2S. The van der Waals surface area contributed by atoms with Gasteiger partial charge in [-0.2, -0.15) is 4.73 Å². The van der Waals surface area contributed by atoms with Crippen LogP contribution in [0.2, 0.25) is 0 Å². The molecule has 5 heteroatoms. The topological polar surface area (TPSA) is 34.4 Å². The third-order valence-electron chi connectivity index (χ3n) is 2.58. The summed E-state index contributed by atoms with van der Waals surface area (Å²) in [5, 5.41) is 9.64. The Bertz CT molecular complexity index is 662. The fourth-order valence-corrected chi connectivity index (χ4v) is 1.76. The van der Waals surface area contributed by atoms with Crippen LogP contribution in [-0.2, 0) is 0 Å². The molecule has 1 heterocycles. The Balaban J connectivity index is 2.36. The van der Waals surface area contributed by atoms with Gasteiger partial charge in [-0.1, -0.05) is 30.4 Å². The van der Waals surface area contributed by atoms with Crippen LogP contribution in [-0.4, -0.2) is 17.0 Å². The van der Waals surface area contributed by atoms with Gasteiger partial charge in [-0.3, -0.25) is 0 Å². The highest BCUT2D eigenvalue weighted by molar-refractivity contribution is 7.71. The molecular weight excluding hydrogens is 265 g/mol. The van der Waals surface area contributed by atoms with E-state index >= 15 is 0 Å². The molecule has 19 heavy (non-hydrogen) atoms. The predicted octanol–water partition coefficient (Wildman–Crippen LogP) is 3.93. The van der Waals surface area contributed by atoms with Crippen molar-refractivity contribution < 1.29 is 14.3 Å². The van der Waals surface area contributed by atoms with Gasteiger partial charge in [-0.15, -0.1) is 0 Å². The number of aromatic nitrogens is 1. The molecule has 0 aliphatic heterocycles. The third kappa shape index (κ3) is 3.00. The quantitative estimate of drug-likeness (QED) is 0.682. The zero-order chi connectivity index (χ0) is 13.8. The molecule has 0 bridgehead atoms. The van der Waals surface area contributed by atoms with E-state index in [1.54, 1.807) is 37.4 Å². The number of pyridine rings is 1. The molecule has 3 nitrogen and oxygen atoms in total. The van der Waals surface area contributed by atoms with E-state index in [4.69, 9.17) is 17.0 Å². The van der Waals surface area contributed by atoms with E-state index in [1.165, 1.54) is 18.2 Å². The summed E-state index contributed by atoms with van der Waals surface area (Å²) in [7, 11) is 1.56. The number of benzene rings is 1. The van der Waals surface area contributed by atoms with Gasteiger partial charge in [0.1, 0.15) is 16.1 Å². The van der Waals surface area contributed by atoms with Crippen molar-refractivity contribution in [1.29, 1.82) is 0 Å². The second kappa shape index (κ2) is 5.67. The molecule has 2 aromatic rings. The minimum Gasteiger partial charge on any atom is -0.497 e. The molecule has 0 radical (unpaired) electrons. The summed E-state index contributed by atoms with van der Waals surface area (Å²) in [5.41, 5.74) is 0.677. The van der Waals surface area contributed by atoms with E-state index in [9.17, 15) is 9.60 Å². The maximum atomic E-state index is 14.0. The van der Waals surface area contributed by atoms with E-state index in [1.807, 2.05) is 0 Å². The Hall–Kier alpha value is -2.14. The molecule has 0 saturated carbocycles. The first-order chi connectivity index (χ1) is 9.11. The van der Waals surface area contributed by atoms with Crippen molar-refractivity contribution in [1.82, 2.24) is 4.73 Å². The third-order valence-corrected chi connectivity index (χ3v) is 2.89. The minimum atomic E-state index is -0.570. The second-order valence-electron chi connectivity index (χ2n) is 3.83. The summed E-state index contributed by atoms with van der Waals surface area (Å²) in [4.78, 5) is 0. The minimum absolute atomic E-state index is 0.0170. The smallest absolute Gasteiger partial charge is 0.150 e. The molecule has 0 aliphatic carbocycles. The summed E-state index contributed by atoms with van der Waals surface area (Å²) in [5.74, 6) is 0.127. The number of ether oxygens (including phenoxy) is 1. The molecule has 0 unspecified atom stereocenters. The molecule has 1 aromatic heterocycles. The molecule has 0 saturated heterocycles. The predicted molar refractivity (Wildman–Crippen MR) is 74.4 cm³/mol. The van der Waals surface area contributed by atoms with Crippen molar-refractivity contribution in [2.75, 3.05) is 7.11 Å². The van der Waals surface area contributed by atoms with Gasteiger partial charge in [-0.25, -0.2) is 4.39 Å². The van der Waals surface area contributed by atoms with E-state index in [0.717, 1.165) is 0 Å². The van der Waals surface area contributed by atoms with Gasteiger partial charge < -0.3 is 9.94 Å². The number of hydrogen-bond acceptors (Lipinski definition) is 3. The van der Waals surface area contributed by atoms with Crippen LogP contribution in [0.1, 0.15) is 11.3 Å². The van der Waals surface area contributed by atoms with E-state index in [2.05, 4.69) is 0 Å². The maximum absolute atomic E-state index is 14.0. The zero-order valence-electron chi connectivity index (χ0n) is 10.2. The zero-order valence-corrected chi connectivity index (χ0v) is 11.0. The van der Waals surface area contributed by atoms with E-state index in [-0.39, 0.29) is 10.3 Å². The molecule has 1 N–H and O–H groups in total. The van der Waals surface area contributed by atoms with Gasteiger partial charge in [0.25, 0.3) is 0 Å². The number of hydrogen-bond donors (Lipinski definition) is 1. The van der Waals surface area contributed by atoms with E-state index < -0.39 is 5.83 Å². The fraction of sp³-hybridized carbons (Fsp3) is 0.0714. The van der Waals surface area contributed by atoms with Crippen LogP contribution in [0.15, 0.2) is 42.5 Å². The van der Waals surface area contributed by atoms with Crippen molar-refractivity contribution in [2.24, 2.45) is 0 Å². The van der Waals surface area contributed by atoms with Gasteiger partial charge in [0.05, 0.1) is 7.11 Å². The Morgan fingerprint density at radius 1 is 1.26 bits per heavy atom. The van der Waals surface area contributed by atoms with Gasteiger partial charge in [0.2, 0.25) is 0 Å². The highest BCUT2D eigenvalue weighted by atomic mass is 32.1. The van der Waals surface area contributed by atoms with E-state index in [0.29, 0.717) is 16.0 Å². The van der Waals surface area contributed by atoms with Crippen LogP contribution in [0.4, 0.5) is 4.39 Å². The monoisotopic (exact) mass is 277 g/mol. The molecule has 0 spiro atoms. The normalized spacial score (nSPS) is 11.4. The van der Waals surface area contributed by atoms with Crippen molar-refractivity contribution in [2.45, 2.75) is 0 Å². The van der Waals surface area contributed by atoms with Gasteiger partial charge in [0, 0.05) is 0 Å². The van der Waals surface area contributed by atoms with Gasteiger partial charge in [-0.05, 0) is 35.9 Å². The van der Waals surface area contributed by atoms with Crippen molar-refractivity contribution in [3.05, 3.63) is 58.4 Å². The maximum Gasteiger partial charge on any atom is 0.150 e. The van der Waals surface area contributed by atoms with Crippen molar-refractivity contribution in [3.63, 3.8) is 0 Å². The Morgan fingerprint density at radius 3 is 2.58 bits per heavy atom. The van der Waals surface area contributed by atoms with Crippen LogP contribution in [0.25, 0.3) is 11.9 Å². The van der Waals surface area contributed by atoms with Crippen LogP contribution in [0.3, 0.4) is 0 Å². The molecule has 98 valence electrons. The summed E-state index contributed by atoms with van der Waals surface area (Å²) in [6.07, 6.45) is 1.32. The average molecular weight is 277 g/mol. The van der Waals surface area contributed by atoms with Crippen LogP contribution < -0.4 is 4.74 Å². The Morgan fingerprint density at radius 2 is 1.95 bits per heavy atom. The van der Waals surface area contributed by atoms with Gasteiger partial charge >= 0.3 is 0 Å². The summed E-state index contributed by atoms with van der Waals surface area (Å²) in [6, 6.07) is 11.5. The van der Waals surface area contributed by atoms with Crippen LogP contribution in [0, 0.1) is 4.64 Å². The molecule has 0 fully saturated rings. The highest BCUT2D eigenvalue weighted by Crippen LogP contribution is 2.20. The number of methoxy groups -OCH3 is 1. The summed E-state index contributed by atoms with van der Waals surface area (Å²) >= 11 is 4.86. The van der Waals surface area contributed by atoms with Crippen molar-refractivity contribution >= 4 is 24.1 Å². The van der Waals surface area contributed by atoms with Crippen LogP contribution >= 0.6 is 12.2 Å². The SMILES string of the molecule is COc1ccc(/C=C(\F)c2cccc(=S)n2O)cc1. The fourth-order valence-electron chi connectivity index (χ4n) is 1.58. The number of nitrogens with zero attached hydrogens (tertiary/aromatic N) is 1. The number of halogens is 1. The van der Waals surface area contributed by atoms with Crippen molar-refractivity contribution in [3.8, 4) is 5.75 Å². The molecule has 0 aliphatic rings. The van der Waals surface area contributed by atoms with Gasteiger partial charge in [0.15, 0.2) is 5.83 Å². The standard InChI is InChI=1S/C14H12FNO2S/c1-18-11-7-5-10(6-8-11)9-12(15)13-3-2-4-14(19)16(13)17/h2-9,17H,1H3/b12-9-. The average Bonchev–Trinajstić information content (AvgIpc) is 2.42. The molecule has 2 rings (SSSR count). The molecule has 0 amide bonds. The van der Waals surface area contributed by atoms with Crippen LogP contribution in [0.5, 0.6) is 5.75 Å². The Labute approximate surface area is 115 Å². The summed E-state index contributed by atoms with van der Waals surface area (Å²) in [6.45, 7) is 0. The lowest BCUT2D eigenvalue weighted by Gasteiger charge is -2.05. The highest BCUT2D eigenvalue weighted by Gasteiger charge is 2.06. The first-order valence-corrected chi connectivity index (χ1v) is 5.95. The summed E-state index contributed by atoms with van der Waals surface area (Å²) < 4.78 is 19.9. The number of rotatable bonds is 3. The first-order valence-electron chi connectivity index (χ1n) is 5.55. The molecule has 0 atom stereocenters. The lowest BCUT2D eigenvalue weighted by molar-refractivity contribution is 0.176. The largest absolute Gasteiger partial charge is 0.497 e. The lowest BCUT2D eigenvalue weighted by Crippen LogP contribution is -2.00. The lowest BCUT2D eigenvalue weighted by atomic mass is 10.2.